The van der Waals surface area contributed by atoms with Crippen LogP contribution in [0.2, 0.25) is 0 Å². The Morgan fingerprint density at radius 3 is 2.62 bits per heavy atom. The van der Waals surface area contributed by atoms with E-state index < -0.39 is 0 Å². The van der Waals surface area contributed by atoms with E-state index in [9.17, 15) is 4.79 Å². The average Bonchev–Trinajstić information content (AvgIpc) is 3.12. The molecule has 0 radical (unpaired) electrons. The molecule has 6 nitrogen and oxygen atoms in total. The predicted octanol–water partition coefficient (Wildman–Crippen LogP) is 2.03. The molecule has 0 atom stereocenters. The SMILES string of the molecule is O=C(NCC1(CN2CCOCC2)CCOCC1)c1cc2ccccc2[nH]1. The van der Waals surface area contributed by atoms with Crippen LogP contribution in [0.1, 0.15) is 23.3 Å². The van der Waals surface area contributed by atoms with Crippen LogP contribution in [-0.2, 0) is 9.47 Å². The van der Waals surface area contributed by atoms with E-state index in [1.807, 2.05) is 30.3 Å². The number of H-pyrrole nitrogens is 1. The second kappa shape index (κ2) is 7.78. The summed E-state index contributed by atoms with van der Waals surface area (Å²) in [6, 6.07) is 9.88. The number of ether oxygens (including phenoxy) is 2. The van der Waals surface area contributed by atoms with Crippen LogP contribution in [0, 0.1) is 5.41 Å². The number of rotatable bonds is 5. The molecule has 0 bridgehead atoms. The van der Waals surface area contributed by atoms with E-state index >= 15 is 0 Å². The summed E-state index contributed by atoms with van der Waals surface area (Å²) in [5.74, 6) is -0.0333. The highest BCUT2D eigenvalue weighted by molar-refractivity contribution is 5.97. The van der Waals surface area contributed by atoms with Gasteiger partial charge in [-0.3, -0.25) is 9.69 Å². The third-order valence-corrected chi connectivity index (χ3v) is 5.61. The lowest BCUT2D eigenvalue weighted by atomic mass is 9.79. The number of fused-ring (bicyclic) bond motifs is 1. The van der Waals surface area contributed by atoms with Crippen LogP contribution in [-0.4, -0.2) is 68.4 Å². The third kappa shape index (κ3) is 3.92. The minimum absolute atomic E-state index is 0.0333. The molecule has 0 spiro atoms. The Balaban J connectivity index is 1.42. The Hall–Kier alpha value is -1.89. The molecule has 140 valence electrons. The number of carbonyl (C=O) groups is 1. The van der Waals surface area contributed by atoms with Crippen LogP contribution in [0.5, 0.6) is 0 Å². The van der Waals surface area contributed by atoms with E-state index in [0.29, 0.717) is 12.2 Å². The quantitative estimate of drug-likeness (QED) is 0.859. The van der Waals surface area contributed by atoms with E-state index in [1.54, 1.807) is 0 Å². The largest absolute Gasteiger partial charge is 0.381 e. The number of hydrogen-bond donors (Lipinski definition) is 2. The van der Waals surface area contributed by atoms with Crippen molar-refractivity contribution in [3.63, 3.8) is 0 Å². The van der Waals surface area contributed by atoms with E-state index in [-0.39, 0.29) is 11.3 Å². The fourth-order valence-electron chi connectivity index (χ4n) is 3.99. The molecule has 2 aliphatic heterocycles. The molecule has 3 heterocycles. The molecular formula is C20H27N3O3. The van der Waals surface area contributed by atoms with Crippen molar-refractivity contribution >= 4 is 16.8 Å². The van der Waals surface area contributed by atoms with Crippen LogP contribution >= 0.6 is 0 Å². The van der Waals surface area contributed by atoms with Gasteiger partial charge in [-0.1, -0.05) is 18.2 Å². The molecule has 0 aliphatic carbocycles. The van der Waals surface area contributed by atoms with E-state index in [2.05, 4.69) is 15.2 Å². The molecule has 0 saturated carbocycles. The predicted molar refractivity (Wildman–Crippen MR) is 100 cm³/mol. The standard InChI is InChI=1S/C20H27N3O3/c24-19(18-13-16-3-1-2-4-17(16)22-18)21-14-20(5-9-25-10-6-20)15-23-7-11-26-12-8-23/h1-4,13,22H,5-12,14-15H2,(H,21,24). The Kier molecular flexibility index (Phi) is 5.24. The summed E-state index contributed by atoms with van der Waals surface area (Å²) in [7, 11) is 0. The molecule has 2 aliphatic rings. The molecule has 26 heavy (non-hydrogen) atoms. The maximum Gasteiger partial charge on any atom is 0.267 e. The van der Waals surface area contributed by atoms with Gasteiger partial charge >= 0.3 is 0 Å². The number of aromatic nitrogens is 1. The number of nitrogens with one attached hydrogen (secondary N) is 2. The molecule has 2 N–H and O–H groups in total. The van der Waals surface area contributed by atoms with Gasteiger partial charge in [0.2, 0.25) is 0 Å². The van der Waals surface area contributed by atoms with Crippen molar-refractivity contribution in [1.29, 1.82) is 0 Å². The van der Waals surface area contributed by atoms with Crippen molar-refractivity contribution in [3.05, 3.63) is 36.0 Å². The molecule has 1 amide bonds. The van der Waals surface area contributed by atoms with Crippen molar-refractivity contribution in [2.24, 2.45) is 5.41 Å². The van der Waals surface area contributed by atoms with Gasteiger partial charge in [0.05, 0.1) is 13.2 Å². The van der Waals surface area contributed by atoms with Gasteiger partial charge in [0.1, 0.15) is 5.69 Å². The molecule has 2 aromatic rings. The number of nitrogens with zero attached hydrogens (tertiary/aromatic N) is 1. The van der Waals surface area contributed by atoms with Crippen molar-refractivity contribution in [1.82, 2.24) is 15.2 Å². The first kappa shape index (κ1) is 17.5. The monoisotopic (exact) mass is 357 g/mol. The van der Waals surface area contributed by atoms with Gasteiger partial charge in [0.25, 0.3) is 5.91 Å². The van der Waals surface area contributed by atoms with E-state index in [0.717, 1.165) is 69.8 Å². The Morgan fingerprint density at radius 1 is 1.12 bits per heavy atom. The molecule has 1 aromatic heterocycles. The van der Waals surface area contributed by atoms with E-state index in [1.165, 1.54) is 0 Å². The summed E-state index contributed by atoms with van der Waals surface area (Å²) >= 11 is 0. The summed E-state index contributed by atoms with van der Waals surface area (Å²) in [6.07, 6.45) is 1.97. The van der Waals surface area contributed by atoms with Gasteiger partial charge in [0, 0.05) is 55.7 Å². The first-order valence-corrected chi connectivity index (χ1v) is 9.48. The zero-order valence-corrected chi connectivity index (χ0v) is 15.1. The summed E-state index contributed by atoms with van der Waals surface area (Å²) in [5.41, 5.74) is 1.70. The number of para-hydroxylation sites is 1. The Morgan fingerprint density at radius 2 is 1.85 bits per heavy atom. The lowest BCUT2D eigenvalue weighted by Crippen LogP contribution is -2.50. The van der Waals surface area contributed by atoms with Gasteiger partial charge in [-0.05, 0) is 25.0 Å². The topological polar surface area (TPSA) is 66.6 Å². The molecule has 4 rings (SSSR count). The van der Waals surface area contributed by atoms with Crippen LogP contribution in [0.15, 0.2) is 30.3 Å². The van der Waals surface area contributed by atoms with Crippen LogP contribution in [0.25, 0.3) is 10.9 Å². The van der Waals surface area contributed by atoms with Crippen molar-refractivity contribution < 1.29 is 14.3 Å². The van der Waals surface area contributed by atoms with Crippen LogP contribution < -0.4 is 5.32 Å². The zero-order valence-electron chi connectivity index (χ0n) is 15.1. The Bertz CT molecular complexity index is 713. The smallest absolute Gasteiger partial charge is 0.267 e. The summed E-state index contributed by atoms with van der Waals surface area (Å²) in [5, 5.41) is 4.24. The molecule has 2 fully saturated rings. The highest BCUT2D eigenvalue weighted by Crippen LogP contribution is 2.31. The van der Waals surface area contributed by atoms with Gasteiger partial charge in [-0.15, -0.1) is 0 Å². The van der Waals surface area contributed by atoms with Crippen molar-refractivity contribution in [2.75, 3.05) is 52.6 Å². The maximum absolute atomic E-state index is 12.7. The third-order valence-electron chi connectivity index (χ3n) is 5.61. The number of benzene rings is 1. The normalized spacial score (nSPS) is 20.9. The lowest BCUT2D eigenvalue weighted by Gasteiger charge is -2.42. The van der Waals surface area contributed by atoms with Crippen LogP contribution in [0.4, 0.5) is 0 Å². The molecule has 2 saturated heterocycles. The van der Waals surface area contributed by atoms with Crippen LogP contribution in [0.3, 0.4) is 0 Å². The lowest BCUT2D eigenvalue weighted by molar-refractivity contribution is -0.0283. The molecule has 1 aromatic carbocycles. The first-order valence-electron chi connectivity index (χ1n) is 9.48. The second-order valence-corrected chi connectivity index (χ2v) is 7.45. The van der Waals surface area contributed by atoms with Gasteiger partial charge in [-0.25, -0.2) is 0 Å². The van der Waals surface area contributed by atoms with E-state index in [4.69, 9.17) is 9.47 Å². The summed E-state index contributed by atoms with van der Waals surface area (Å²) in [6.45, 7) is 6.76. The summed E-state index contributed by atoms with van der Waals surface area (Å²) in [4.78, 5) is 18.4. The molecule has 0 unspecified atom stereocenters. The maximum atomic E-state index is 12.7. The first-order chi connectivity index (χ1) is 12.7. The summed E-state index contributed by atoms with van der Waals surface area (Å²) < 4.78 is 11.0. The zero-order chi connectivity index (χ0) is 17.8. The van der Waals surface area contributed by atoms with Gasteiger partial charge < -0.3 is 19.8 Å². The molecular weight excluding hydrogens is 330 g/mol. The number of aromatic amines is 1. The second-order valence-electron chi connectivity index (χ2n) is 7.45. The number of amides is 1. The van der Waals surface area contributed by atoms with Gasteiger partial charge in [0.15, 0.2) is 0 Å². The van der Waals surface area contributed by atoms with Gasteiger partial charge in [-0.2, -0.15) is 0 Å². The Labute approximate surface area is 153 Å². The minimum atomic E-state index is -0.0333. The highest BCUT2D eigenvalue weighted by atomic mass is 16.5. The fraction of sp³-hybridized carbons (Fsp3) is 0.550. The van der Waals surface area contributed by atoms with Crippen molar-refractivity contribution in [2.45, 2.75) is 12.8 Å². The fourth-order valence-corrected chi connectivity index (χ4v) is 3.99. The molecule has 6 heteroatoms. The minimum Gasteiger partial charge on any atom is -0.381 e. The van der Waals surface area contributed by atoms with Crippen molar-refractivity contribution in [3.8, 4) is 0 Å². The number of morpholine rings is 1. The average molecular weight is 357 g/mol. The number of hydrogen-bond acceptors (Lipinski definition) is 4. The number of carbonyl (C=O) groups excluding carboxylic acids is 1. The highest BCUT2D eigenvalue weighted by Gasteiger charge is 2.35.